The van der Waals surface area contributed by atoms with Crippen molar-refractivity contribution in [1.82, 2.24) is 4.90 Å². The second-order valence-corrected chi connectivity index (χ2v) is 7.15. The minimum atomic E-state index is -3.02. The van der Waals surface area contributed by atoms with Gasteiger partial charge in [0.25, 0.3) is 5.91 Å². The highest BCUT2D eigenvalue weighted by Gasteiger charge is 2.33. The van der Waals surface area contributed by atoms with Crippen LogP contribution in [0.4, 0.5) is 5.69 Å². The van der Waals surface area contributed by atoms with E-state index < -0.39 is 9.84 Å². The molecule has 1 fully saturated rings. The van der Waals surface area contributed by atoms with E-state index in [2.05, 4.69) is 0 Å². The molecule has 0 radical (unpaired) electrons. The highest BCUT2D eigenvalue weighted by molar-refractivity contribution is 7.91. The number of nitrogens with two attached hydrogens (primary N) is 1. The first-order chi connectivity index (χ1) is 9.34. The Labute approximate surface area is 118 Å². The van der Waals surface area contributed by atoms with Gasteiger partial charge in [-0.25, -0.2) is 8.42 Å². The molecule has 110 valence electrons. The molecule has 1 saturated heterocycles. The molecule has 1 aliphatic rings. The zero-order valence-corrected chi connectivity index (χ0v) is 12.3. The van der Waals surface area contributed by atoms with Crippen molar-refractivity contribution in [3.05, 3.63) is 23.8 Å². The van der Waals surface area contributed by atoms with Crippen LogP contribution in [0.25, 0.3) is 0 Å². The summed E-state index contributed by atoms with van der Waals surface area (Å²) in [5.41, 5.74) is 6.52. The van der Waals surface area contributed by atoms with Crippen molar-refractivity contribution >= 4 is 21.4 Å². The first-order valence-corrected chi connectivity index (χ1v) is 8.07. The minimum Gasteiger partial charge on any atom is -0.497 e. The van der Waals surface area contributed by atoms with Gasteiger partial charge in [-0.2, -0.15) is 0 Å². The number of carbonyl (C=O) groups excluding carboxylic acids is 1. The van der Waals surface area contributed by atoms with Crippen LogP contribution in [0.15, 0.2) is 18.2 Å². The second-order valence-electron chi connectivity index (χ2n) is 4.93. The van der Waals surface area contributed by atoms with Gasteiger partial charge in [-0.1, -0.05) is 0 Å². The Kier molecular flexibility index (Phi) is 3.89. The van der Waals surface area contributed by atoms with Crippen LogP contribution in [0.2, 0.25) is 0 Å². The lowest BCUT2D eigenvalue weighted by atomic mass is 10.1. The quantitative estimate of drug-likeness (QED) is 0.822. The predicted molar refractivity (Wildman–Crippen MR) is 76.6 cm³/mol. The first-order valence-electron chi connectivity index (χ1n) is 6.25. The number of rotatable bonds is 3. The Balaban J connectivity index is 2.19. The molecule has 1 atom stereocenters. The SMILES string of the molecule is COc1ccc(C(=O)N(C)C2CCS(=O)(=O)C2)c(N)c1. The average Bonchev–Trinajstić information content (AvgIpc) is 2.77. The molecule has 0 spiro atoms. The molecule has 1 aromatic rings. The van der Waals surface area contributed by atoms with Crippen molar-refractivity contribution in [2.45, 2.75) is 12.5 Å². The monoisotopic (exact) mass is 298 g/mol. The number of amides is 1. The van der Waals surface area contributed by atoms with Crippen molar-refractivity contribution in [2.75, 3.05) is 31.4 Å². The summed E-state index contributed by atoms with van der Waals surface area (Å²) in [7, 11) is 0.106. The maximum absolute atomic E-state index is 12.4. The van der Waals surface area contributed by atoms with Crippen molar-refractivity contribution < 1.29 is 17.9 Å². The van der Waals surface area contributed by atoms with Gasteiger partial charge >= 0.3 is 0 Å². The van der Waals surface area contributed by atoms with E-state index >= 15 is 0 Å². The van der Waals surface area contributed by atoms with Crippen LogP contribution in [-0.2, 0) is 9.84 Å². The van der Waals surface area contributed by atoms with E-state index in [1.807, 2.05) is 0 Å². The number of anilines is 1. The molecule has 1 aliphatic heterocycles. The number of sulfone groups is 1. The molecule has 0 saturated carbocycles. The molecule has 0 bridgehead atoms. The summed E-state index contributed by atoms with van der Waals surface area (Å²) in [5.74, 6) is 0.455. The summed E-state index contributed by atoms with van der Waals surface area (Å²) >= 11 is 0. The van der Waals surface area contributed by atoms with Crippen LogP contribution in [0, 0.1) is 0 Å². The van der Waals surface area contributed by atoms with Gasteiger partial charge in [0.1, 0.15) is 5.75 Å². The Morgan fingerprint density at radius 3 is 2.65 bits per heavy atom. The molecule has 0 aromatic heterocycles. The predicted octanol–water partition coefficient (Wildman–Crippen LogP) is 0.537. The summed E-state index contributed by atoms with van der Waals surface area (Å²) in [6.07, 6.45) is 0.473. The summed E-state index contributed by atoms with van der Waals surface area (Å²) < 4.78 is 28.0. The fraction of sp³-hybridized carbons (Fsp3) is 0.462. The number of carbonyl (C=O) groups is 1. The maximum atomic E-state index is 12.4. The van der Waals surface area contributed by atoms with Crippen LogP contribution in [0.3, 0.4) is 0 Å². The third kappa shape index (κ3) is 2.87. The Hall–Kier alpha value is -1.76. The van der Waals surface area contributed by atoms with Crippen LogP contribution >= 0.6 is 0 Å². The largest absolute Gasteiger partial charge is 0.497 e. The third-order valence-corrected chi connectivity index (χ3v) is 5.32. The van der Waals surface area contributed by atoms with Crippen molar-refractivity contribution in [1.29, 1.82) is 0 Å². The summed E-state index contributed by atoms with van der Waals surface area (Å²) in [4.78, 5) is 13.8. The number of methoxy groups -OCH3 is 1. The summed E-state index contributed by atoms with van der Waals surface area (Å²) in [6.45, 7) is 0. The lowest BCUT2D eigenvalue weighted by Crippen LogP contribution is -2.38. The highest BCUT2D eigenvalue weighted by atomic mass is 32.2. The van der Waals surface area contributed by atoms with Gasteiger partial charge in [0, 0.05) is 24.8 Å². The smallest absolute Gasteiger partial charge is 0.255 e. The maximum Gasteiger partial charge on any atom is 0.255 e. The zero-order chi connectivity index (χ0) is 14.9. The van der Waals surface area contributed by atoms with Crippen molar-refractivity contribution in [3.8, 4) is 5.75 Å². The highest BCUT2D eigenvalue weighted by Crippen LogP contribution is 2.23. The molecule has 2 rings (SSSR count). The third-order valence-electron chi connectivity index (χ3n) is 3.57. The van der Waals surface area contributed by atoms with Gasteiger partial charge in [-0.05, 0) is 18.6 Å². The second kappa shape index (κ2) is 5.32. The molecular weight excluding hydrogens is 280 g/mol. The van der Waals surface area contributed by atoms with E-state index in [9.17, 15) is 13.2 Å². The fourth-order valence-corrected chi connectivity index (χ4v) is 4.07. The van der Waals surface area contributed by atoms with E-state index in [0.29, 0.717) is 23.4 Å². The Morgan fingerprint density at radius 2 is 2.15 bits per heavy atom. The van der Waals surface area contributed by atoms with Crippen LogP contribution in [0.1, 0.15) is 16.8 Å². The van der Waals surface area contributed by atoms with E-state index in [0.717, 1.165) is 0 Å². The summed E-state index contributed by atoms with van der Waals surface area (Å²) in [5, 5.41) is 0. The van der Waals surface area contributed by atoms with Gasteiger partial charge < -0.3 is 15.4 Å². The molecule has 20 heavy (non-hydrogen) atoms. The van der Waals surface area contributed by atoms with Gasteiger partial charge in [-0.15, -0.1) is 0 Å². The Bertz CT molecular complexity index is 627. The summed E-state index contributed by atoms with van der Waals surface area (Å²) in [6, 6.07) is 4.54. The van der Waals surface area contributed by atoms with E-state index in [-0.39, 0.29) is 23.5 Å². The molecule has 7 heteroatoms. The van der Waals surface area contributed by atoms with E-state index in [1.165, 1.54) is 12.0 Å². The van der Waals surface area contributed by atoms with E-state index in [1.54, 1.807) is 25.2 Å². The van der Waals surface area contributed by atoms with Crippen LogP contribution < -0.4 is 10.5 Å². The molecule has 1 aromatic carbocycles. The standard InChI is InChI=1S/C13H18N2O4S/c1-15(9-5-6-20(17,18)8-9)13(16)11-4-3-10(19-2)7-12(11)14/h3-4,7,9H,5-6,8,14H2,1-2H3. The molecular formula is C13H18N2O4S. The molecule has 2 N–H and O–H groups in total. The van der Waals surface area contributed by atoms with E-state index in [4.69, 9.17) is 10.5 Å². The molecule has 1 unspecified atom stereocenters. The zero-order valence-electron chi connectivity index (χ0n) is 11.5. The minimum absolute atomic E-state index is 0.0191. The Morgan fingerprint density at radius 1 is 1.45 bits per heavy atom. The van der Waals surface area contributed by atoms with Gasteiger partial charge in [0.2, 0.25) is 0 Å². The van der Waals surface area contributed by atoms with Crippen LogP contribution in [0.5, 0.6) is 5.75 Å². The fourth-order valence-electron chi connectivity index (χ4n) is 2.30. The number of hydrogen-bond donors (Lipinski definition) is 1. The van der Waals surface area contributed by atoms with Gasteiger partial charge in [-0.3, -0.25) is 4.79 Å². The lowest BCUT2D eigenvalue weighted by molar-refractivity contribution is 0.0749. The lowest BCUT2D eigenvalue weighted by Gasteiger charge is -2.24. The number of nitrogens with zero attached hydrogens (tertiary/aromatic N) is 1. The molecule has 0 aliphatic carbocycles. The first kappa shape index (κ1) is 14.6. The number of ether oxygens (including phenoxy) is 1. The molecule has 1 amide bonds. The normalized spacial score (nSPS) is 20.6. The average molecular weight is 298 g/mol. The molecule has 1 heterocycles. The molecule has 6 nitrogen and oxygen atoms in total. The van der Waals surface area contributed by atoms with Crippen molar-refractivity contribution in [2.24, 2.45) is 0 Å². The topological polar surface area (TPSA) is 89.7 Å². The van der Waals surface area contributed by atoms with Crippen LogP contribution in [-0.4, -0.2) is 50.9 Å². The number of nitrogen functional groups attached to an aromatic ring is 1. The number of hydrogen-bond acceptors (Lipinski definition) is 5. The van der Waals surface area contributed by atoms with Crippen molar-refractivity contribution in [3.63, 3.8) is 0 Å². The van der Waals surface area contributed by atoms with Gasteiger partial charge in [0.15, 0.2) is 9.84 Å². The van der Waals surface area contributed by atoms with Gasteiger partial charge in [0.05, 0.1) is 24.2 Å². The number of benzene rings is 1.